The van der Waals surface area contributed by atoms with Crippen LogP contribution in [0.3, 0.4) is 0 Å². The predicted molar refractivity (Wildman–Crippen MR) is 83.9 cm³/mol. The lowest BCUT2D eigenvalue weighted by atomic mass is 10.2. The first kappa shape index (κ1) is 14.4. The summed E-state index contributed by atoms with van der Waals surface area (Å²) in [6, 6.07) is 12.7. The van der Waals surface area contributed by atoms with Crippen LogP contribution in [0.4, 0.5) is 11.4 Å². The van der Waals surface area contributed by atoms with Crippen molar-refractivity contribution >= 4 is 33.2 Å². The van der Waals surface area contributed by atoms with E-state index in [0.29, 0.717) is 17.1 Å². The smallest absolute Gasteiger partial charge is 0.262 e. The SMILES string of the molecule is Cc1ccc(OCC(=O)Nc2cccc(N)c2)c(Br)c1. The molecule has 2 aromatic rings. The van der Waals surface area contributed by atoms with Gasteiger partial charge in [0.15, 0.2) is 6.61 Å². The number of ether oxygens (including phenoxy) is 1. The normalized spacial score (nSPS) is 10.1. The Bertz CT molecular complexity index is 629. The summed E-state index contributed by atoms with van der Waals surface area (Å²) < 4.78 is 6.29. The second-order valence-electron chi connectivity index (χ2n) is 4.40. The highest BCUT2D eigenvalue weighted by Gasteiger charge is 2.06. The van der Waals surface area contributed by atoms with E-state index in [1.807, 2.05) is 25.1 Å². The lowest BCUT2D eigenvalue weighted by Gasteiger charge is -2.09. The summed E-state index contributed by atoms with van der Waals surface area (Å²) in [7, 11) is 0. The molecule has 0 saturated heterocycles. The third-order valence-corrected chi connectivity index (χ3v) is 3.24. The van der Waals surface area contributed by atoms with Crippen LogP contribution >= 0.6 is 15.9 Å². The zero-order chi connectivity index (χ0) is 14.5. The van der Waals surface area contributed by atoms with Gasteiger partial charge in [0.1, 0.15) is 5.75 Å². The van der Waals surface area contributed by atoms with E-state index >= 15 is 0 Å². The molecule has 3 N–H and O–H groups in total. The number of nitrogens with two attached hydrogens (primary N) is 1. The number of nitrogens with one attached hydrogen (secondary N) is 1. The molecule has 104 valence electrons. The average molecular weight is 335 g/mol. The van der Waals surface area contributed by atoms with Gasteiger partial charge in [-0.15, -0.1) is 0 Å². The maximum absolute atomic E-state index is 11.8. The highest BCUT2D eigenvalue weighted by molar-refractivity contribution is 9.10. The third kappa shape index (κ3) is 3.99. The lowest BCUT2D eigenvalue weighted by Crippen LogP contribution is -2.20. The van der Waals surface area contributed by atoms with E-state index in [4.69, 9.17) is 10.5 Å². The summed E-state index contributed by atoms with van der Waals surface area (Å²) in [6.45, 7) is 1.93. The van der Waals surface area contributed by atoms with Gasteiger partial charge in [-0.2, -0.15) is 0 Å². The Labute approximate surface area is 126 Å². The number of anilines is 2. The molecule has 4 nitrogen and oxygen atoms in total. The van der Waals surface area contributed by atoms with Gasteiger partial charge in [0, 0.05) is 11.4 Å². The highest BCUT2D eigenvalue weighted by Crippen LogP contribution is 2.25. The average Bonchev–Trinajstić information content (AvgIpc) is 2.37. The molecule has 1 amide bonds. The molecule has 2 rings (SSSR count). The van der Waals surface area contributed by atoms with Gasteiger partial charge in [-0.05, 0) is 58.7 Å². The number of carbonyl (C=O) groups excluding carboxylic acids is 1. The standard InChI is InChI=1S/C15H15BrN2O2/c1-10-5-6-14(13(16)7-10)20-9-15(19)18-12-4-2-3-11(17)8-12/h2-8H,9,17H2,1H3,(H,18,19). The fraction of sp³-hybridized carbons (Fsp3) is 0.133. The first-order chi connectivity index (χ1) is 9.54. The van der Waals surface area contributed by atoms with Crippen molar-refractivity contribution in [2.45, 2.75) is 6.92 Å². The Balaban J connectivity index is 1.92. The Hall–Kier alpha value is -2.01. The van der Waals surface area contributed by atoms with Crippen LogP contribution in [0, 0.1) is 6.92 Å². The molecule has 0 atom stereocenters. The Morgan fingerprint density at radius 2 is 2.10 bits per heavy atom. The van der Waals surface area contributed by atoms with E-state index in [-0.39, 0.29) is 12.5 Å². The number of halogens is 1. The van der Waals surface area contributed by atoms with Crippen LogP contribution < -0.4 is 15.8 Å². The minimum atomic E-state index is -0.233. The quantitative estimate of drug-likeness (QED) is 0.842. The molecule has 0 aliphatic carbocycles. The van der Waals surface area contributed by atoms with Crippen molar-refractivity contribution < 1.29 is 9.53 Å². The van der Waals surface area contributed by atoms with Gasteiger partial charge in [0.2, 0.25) is 0 Å². The van der Waals surface area contributed by atoms with Crippen molar-refractivity contribution in [1.82, 2.24) is 0 Å². The first-order valence-corrected chi connectivity index (χ1v) is 6.88. The predicted octanol–water partition coefficient (Wildman–Crippen LogP) is 3.36. The van der Waals surface area contributed by atoms with Crippen molar-refractivity contribution in [3.63, 3.8) is 0 Å². The van der Waals surface area contributed by atoms with Gasteiger partial charge in [-0.3, -0.25) is 4.79 Å². The minimum absolute atomic E-state index is 0.0591. The fourth-order valence-electron chi connectivity index (χ4n) is 1.68. The third-order valence-electron chi connectivity index (χ3n) is 2.62. The molecule has 0 spiro atoms. The molecule has 0 aliphatic rings. The van der Waals surface area contributed by atoms with E-state index in [0.717, 1.165) is 10.0 Å². The maximum atomic E-state index is 11.8. The molecule has 5 heteroatoms. The molecule has 20 heavy (non-hydrogen) atoms. The fourth-order valence-corrected chi connectivity index (χ4v) is 2.29. The molecule has 0 aromatic heterocycles. The highest BCUT2D eigenvalue weighted by atomic mass is 79.9. The molecule has 0 fully saturated rings. The summed E-state index contributed by atoms with van der Waals surface area (Å²) in [4.78, 5) is 11.8. The number of hydrogen-bond donors (Lipinski definition) is 2. The summed E-state index contributed by atoms with van der Waals surface area (Å²) in [5.41, 5.74) is 8.02. The molecule has 0 heterocycles. The number of amides is 1. The summed E-state index contributed by atoms with van der Waals surface area (Å²) in [5.74, 6) is 0.404. The number of carbonyl (C=O) groups is 1. The van der Waals surface area contributed by atoms with E-state index in [9.17, 15) is 4.79 Å². The van der Waals surface area contributed by atoms with Crippen LogP contribution in [0.2, 0.25) is 0 Å². The Morgan fingerprint density at radius 3 is 2.80 bits per heavy atom. The first-order valence-electron chi connectivity index (χ1n) is 6.09. The molecule has 0 aliphatic heterocycles. The van der Waals surface area contributed by atoms with Gasteiger partial charge in [-0.1, -0.05) is 12.1 Å². The zero-order valence-electron chi connectivity index (χ0n) is 11.0. The van der Waals surface area contributed by atoms with Crippen molar-refractivity contribution in [3.05, 3.63) is 52.5 Å². The number of nitrogen functional groups attached to an aromatic ring is 1. The second-order valence-corrected chi connectivity index (χ2v) is 5.25. The van der Waals surface area contributed by atoms with Crippen molar-refractivity contribution in [1.29, 1.82) is 0 Å². The van der Waals surface area contributed by atoms with Crippen molar-refractivity contribution in [2.24, 2.45) is 0 Å². The van der Waals surface area contributed by atoms with E-state index < -0.39 is 0 Å². The molecular weight excluding hydrogens is 320 g/mol. The molecular formula is C15H15BrN2O2. The van der Waals surface area contributed by atoms with Gasteiger partial charge in [0.25, 0.3) is 5.91 Å². The van der Waals surface area contributed by atoms with Crippen molar-refractivity contribution in [2.75, 3.05) is 17.7 Å². The number of rotatable bonds is 4. The second kappa shape index (κ2) is 6.43. The van der Waals surface area contributed by atoms with Crippen molar-refractivity contribution in [3.8, 4) is 5.75 Å². The van der Waals surface area contributed by atoms with Crippen LogP contribution in [0.1, 0.15) is 5.56 Å². The summed E-state index contributed by atoms with van der Waals surface area (Å²) in [6.07, 6.45) is 0. The minimum Gasteiger partial charge on any atom is -0.483 e. The lowest BCUT2D eigenvalue weighted by molar-refractivity contribution is -0.118. The number of benzene rings is 2. The number of aryl methyl sites for hydroxylation is 1. The van der Waals surface area contributed by atoms with Gasteiger partial charge >= 0.3 is 0 Å². The zero-order valence-corrected chi connectivity index (χ0v) is 12.6. The van der Waals surface area contributed by atoms with Crippen LogP contribution in [-0.2, 0) is 4.79 Å². The van der Waals surface area contributed by atoms with E-state index in [1.165, 1.54) is 0 Å². The van der Waals surface area contributed by atoms with Crippen LogP contribution in [-0.4, -0.2) is 12.5 Å². The topological polar surface area (TPSA) is 64.3 Å². The molecule has 0 unspecified atom stereocenters. The maximum Gasteiger partial charge on any atom is 0.262 e. The largest absolute Gasteiger partial charge is 0.483 e. The van der Waals surface area contributed by atoms with E-state index in [1.54, 1.807) is 24.3 Å². The van der Waals surface area contributed by atoms with E-state index in [2.05, 4.69) is 21.2 Å². The van der Waals surface area contributed by atoms with Gasteiger partial charge in [0.05, 0.1) is 4.47 Å². The van der Waals surface area contributed by atoms with Gasteiger partial charge < -0.3 is 15.8 Å². The van der Waals surface area contributed by atoms with Crippen LogP contribution in [0.5, 0.6) is 5.75 Å². The van der Waals surface area contributed by atoms with Crippen LogP contribution in [0.25, 0.3) is 0 Å². The van der Waals surface area contributed by atoms with Crippen LogP contribution in [0.15, 0.2) is 46.9 Å². The molecule has 0 saturated carbocycles. The molecule has 0 radical (unpaired) electrons. The molecule has 0 bridgehead atoms. The number of hydrogen-bond acceptors (Lipinski definition) is 3. The van der Waals surface area contributed by atoms with Gasteiger partial charge in [-0.25, -0.2) is 0 Å². The molecule has 2 aromatic carbocycles. The Kier molecular flexibility index (Phi) is 4.63. The summed E-state index contributed by atoms with van der Waals surface area (Å²) in [5, 5.41) is 2.72. The summed E-state index contributed by atoms with van der Waals surface area (Å²) >= 11 is 3.40. The monoisotopic (exact) mass is 334 g/mol. The Morgan fingerprint density at radius 1 is 1.30 bits per heavy atom.